The number of nitrogens with one attached hydrogen (secondary N) is 1. The fraction of sp³-hybridized carbons (Fsp3) is 0.231. The first-order chi connectivity index (χ1) is 8.75. The van der Waals surface area contributed by atoms with Crippen LogP contribution in [0.5, 0.6) is 5.75 Å². The second-order valence-electron chi connectivity index (χ2n) is 3.82. The standard InChI is InChI=1S/C13H14N2O2S/c16-12-7-9-15(13(18)14-12)8-4-10-17-11-5-2-1-3-6-11/h1-3,5-7,9H,4,8,10H2,(H,14,16,18). The van der Waals surface area contributed by atoms with E-state index in [4.69, 9.17) is 17.0 Å². The van der Waals surface area contributed by atoms with E-state index >= 15 is 0 Å². The van der Waals surface area contributed by atoms with Gasteiger partial charge in [-0.25, -0.2) is 0 Å². The molecule has 0 aliphatic carbocycles. The minimum atomic E-state index is -0.170. The maximum Gasteiger partial charge on any atom is 0.251 e. The van der Waals surface area contributed by atoms with Crippen LogP contribution in [0.4, 0.5) is 0 Å². The Bertz CT molecular complexity index is 604. The lowest BCUT2D eigenvalue weighted by molar-refractivity contribution is 0.301. The topological polar surface area (TPSA) is 47.0 Å². The molecule has 0 amide bonds. The van der Waals surface area contributed by atoms with Crippen molar-refractivity contribution in [2.75, 3.05) is 6.61 Å². The molecule has 2 rings (SSSR count). The van der Waals surface area contributed by atoms with Gasteiger partial charge in [-0.2, -0.15) is 0 Å². The lowest BCUT2D eigenvalue weighted by Gasteiger charge is -2.07. The third kappa shape index (κ3) is 3.56. The number of aromatic amines is 1. The molecule has 1 aromatic heterocycles. The van der Waals surface area contributed by atoms with E-state index < -0.39 is 0 Å². The minimum Gasteiger partial charge on any atom is -0.494 e. The zero-order valence-corrected chi connectivity index (χ0v) is 10.7. The van der Waals surface area contributed by atoms with Gasteiger partial charge in [0.15, 0.2) is 4.77 Å². The van der Waals surface area contributed by atoms with E-state index in [1.807, 2.05) is 34.9 Å². The van der Waals surface area contributed by atoms with Gasteiger partial charge in [0.25, 0.3) is 5.56 Å². The number of hydrogen-bond acceptors (Lipinski definition) is 3. The fourth-order valence-corrected chi connectivity index (χ4v) is 1.81. The Hall–Kier alpha value is -1.88. The molecule has 1 heterocycles. The molecule has 0 spiro atoms. The molecule has 1 N–H and O–H groups in total. The number of hydrogen-bond donors (Lipinski definition) is 1. The molecule has 4 nitrogen and oxygen atoms in total. The van der Waals surface area contributed by atoms with Crippen molar-refractivity contribution in [2.45, 2.75) is 13.0 Å². The molecule has 0 aliphatic heterocycles. The van der Waals surface area contributed by atoms with E-state index in [9.17, 15) is 4.79 Å². The summed E-state index contributed by atoms with van der Waals surface area (Å²) in [6, 6.07) is 11.1. The molecule has 0 radical (unpaired) electrons. The monoisotopic (exact) mass is 262 g/mol. The summed E-state index contributed by atoms with van der Waals surface area (Å²) in [6.07, 6.45) is 2.53. The first-order valence-electron chi connectivity index (χ1n) is 5.73. The van der Waals surface area contributed by atoms with E-state index in [1.54, 1.807) is 6.20 Å². The number of nitrogens with zero attached hydrogens (tertiary/aromatic N) is 1. The van der Waals surface area contributed by atoms with Crippen molar-refractivity contribution < 1.29 is 4.74 Å². The lowest BCUT2D eigenvalue weighted by atomic mass is 10.3. The average Bonchev–Trinajstić information content (AvgIpc) is 2.38. The zero-order valence-electron chi connectivity index (χ0n) is 9.83. The van der Waals surface area contributed by atoms with E-state index in [1.165, 1.54) is 6.07 Å². The summed E-state index contributed by atoms with van der Waals surface area (Å²) in [4.78, 5) is 13.6. The molecule has 0 atom stereocenters. The molecular formula is C13H14N2O2S. The van der Waals surface area contributed by atoms with Gasteiger partial charge in [0.05, 0.1) is 6.61 Å². The second-order valence-corrected chi connectivity index (χ2v) is 4.21. The van der Waals surface area contributed by atoms with Gasteiger partial charge in [0.1, 0.15) is 5.75 Å². The van der Waals surface area contributed by atoms with Gasteiger partial charge in [-0.1, -0.05) is 18.2 Å². The number of benzene rings is 1. The van der Waals surface area contributed by atoms with Crippen molar-refractivity contribution >= 4 is 12.2 Å². The Morgan fingerprint density at radius 1 is 1.22 bits per heavy atom. The molecule has 5 heteroatoms. The van der Waals surface area contributed by atoms with Crippen LogP contribution in [-0.4, -0.2) is 16.2 Å². The molecule has 0 saturated carbocycles. The Balaban J connectivity index is 1.82. The van der Waals surface area contributed by atoms with Crippen LogP contribution in [0.3, 0.4) is 0 Å². The van der Waals surface area contributed by atoms with Crippen molar-refractivity contribution in [1.82, 2.24) is 9.55 Å². The van der Waals surface area contributed by atoms with Gasteiger partial charge < -0.3 is 9.30 Å². The van der Waals surface area contributed by atoms with Crippen LogP contribution in [0.1, 0.15) is 6.42 Å². The largest absolute Gasteiger partial charge is 0.494 e. The number of aromatic nitrogens is 2. The summed E-state index contributed by atoms with van der Waals surface area (Å²) < 4.78 is 7.84. The first kappa shape index (κ1) is 12.6. The van der Waals surface area contributed by atoms with Gasteiger partial charge >= 0.3 is 0 Å². The average molecular weight is 262 g/mol. The molecule has 0 fully saturated rings. The van der Waals surface area contributed by atoms with Crippen molar-refractivity contribution in [3.05, 3.63) is 57.7 Å². The Labute approximate surface area is 110 Å². The number of ether oxygens (including phenoxy) is 1. The molecule has 94 valence electrons. The van der Waals surface area contributed by atoms with Crippen LogP contribution in [0.15, 0.2) is 47.4 Å². The Morgan fingerprint density at radius 3 is 2.72 bits per heavy atom. The molecule has 18 heavy (non-hydrogen) atoms. The van der Waals surface area contributed by atoms with Crippen LogP contribution in [0.25, 0.3) is 0 Å². The van der Waals surface area contributed by atoms with Crippen molar-refractivity contribution in [3.8, 4) is 5.75 Å². The first-order valence-corrected chi connectivity index (χ1v) is 6.14. The highest BCUT2D eigenvalue weighted by Gasteiger charge is 1.95. The maximum atomic E-state index is 11.0. The predicted molar refractivity (Wildman–Crippen MR) is 72.4 cm³/mol. The Kier molecular flexibility index (Phi) is 4.30. The third-order valence-corrected chi connectivity index (χ3v) is 2.79. The van der Waals surface area contributed by atoms with Gasteiger partial charge in [0.2, 0.25) is 0 Å². The smallest absolute Gasteiger partial charge is 0.251 e. The van der Waals surface area contributed by atoms with Crippen LogP contribution in [-0.2, 0) is 6.54 Å². The van der Waals surface area contributed by atoms with Gasteiger partial charge in [0, 0.05) is 18.8 Å². The minimum absolute atomic E-state index is 0.170. The van der Waals surface area contributed by atoms with E-state index in [0.29, 0.717) is 11.4 Å². The number of rotatable bonds is 5. The van der Waals surface area contributed by atoms with Gasteiger partial charge in [-0.05, 0) is 30.8 Å². The lowest BCUT2D eigenvalue weighted by Crippen LogP contribution is -2.12. The molecule has 0 saturated heterocycles. The summed E-state index contributed by atoms with van der Waals surface area (Å²) in [6.45, 7) is 1.34. The molecule has 0 unspecified atom stereocenters. The van der Waals surface area contributed by atoms with Crippen molar-refractivity contribution in [3.63, 3.8) is 0 Å². The third-order valence-electron chi connectivity index (χ3n) is 2.45. The van der Waals surface area contributed by atoms with Crippen LogP contribution < -0.4 is 10.3 Å². The number of H-pyrrole nitrogens is 1. The summed E-state index contributed by atoms with van der Waals surface area (Å²) in [5.74, 6) is 0.863. The molecule has 2 aromatic rings. The fourth-order valence-electron chi connectivity index (χ4n) is 1.56. The number of aryl methyl sites for hydroxylation is 1. The van der Waals surface area contributed by atoms with Gasteiger partial charge in [-0.15, -0.1) is 0 Å². The summed E-state index contributed by atoms with van der Waals surface area (Å²) >= 11 is 5.05. The highest BCUT2D eigenvalue weighted by atomic mass is 32.1. The predicted octanol–water partition coefficient (Wildman–Crippen LogP) is 2.37. The Morgan fingerprint density at radius 2 is 2.00 bits per heavy atom. The second kappa shape index (κ2) is 6.16. The highest BCUT2D eigenvalue weighted by molar-refractivity contribution is 7.71. The van der Waals surface area contributed by atoms with E-state index in [2.05, 4.69) is 4.98 Å². The van der Waals surface area contributed by atoms with Crippen molar-refractivity contribution in [1.29, 1.82) is 0 Å². The maximum absolute atomic E-state index is 11.0. The highest BCUT2D eigenvalue weighted by Crippen LogP contribution is 2.08. The molecular weight excluding hydrogens is 248 g/mol. The van der Waals surface area contributed by atoms with E-state index in [0.717, 1.165) is 18.7 Å². The summed E-state index contributed by atoms with van der Waals surface area (Å²) in [5, 5.41) is 0. The molecule has 0 aliphatic rings. The quantitative estimate of drug-likeness (QED) is 0.664. The molecule has 1 aromatic carbocycles. The van der Waals surface area contributed by atoms with Crippen LogP contribution in [0.2, 0.25) is 0 Å². The van der Waals surface area contributed by atoms with Crippen LogP contribution >= 0.6 is 12.2 Å². The van der Waals surface area contributed by atoms with E-state index in [-0.39, 0.29) is 5.56 Å². The zero-order chi connectivity index (χ0) is 12.8. The summed E-state index contributed by atoms with van der Waals surface area (Å²) in [5.41, 5.74) is -0.170. The SMILES string of the molecule is O=c1ccn(CCCOc2ccccc2)c(=S)[nH]1. The normalized spacial score (nSPS) is 10.2. The van der Waals surface area contributed by atoms with Gasteiger partial charge in [-0.3, -0.25) is 9.78 Å². The molecule has 0 bridgehead atoms. The van der Waals surface area contributed by atoms with Crippen molar-refractivity contribution in [2.24, 2.45) is 0 Å². The number of para-hydroxylation sites is 1. The van der Waals surface area contributed by atoms with Crippen LogP contribution in [0, 0.1) is 4.77 Å². The summed E-state index contributed by atoms with van der Waals surface area (Å²) in [7, 11) is 0.